The van der Waals surface area contributed by atoms with Crippen molar-refractivity contribution in [3.05, 3.63) is 53.1 Å². The summed E-state index contributed by atoms with van der Waals surface area (Å²) in [6.45, 7) is 2.41. The van der Waals surface area contributed by atoms with E-state index in [0.29, 0.717) is 34.7 Å². The minimum Gasteiger partial charge on any atom is -0.492 e. The Balaban J connectivity index is 1.61. The number of carbonyl (C=O) groups excluding carboxylic acids is 1. The van der Waals surface area contributed by atoms with Gasteiger partial charge in [0.2, 0.25) is 0 Å². The molecular weight excluding hydrogens is 338 g/mol. The predicted molar refractivity (Wildman–Crippen MR) is 99.9 cm³/mol. The van der Waals surface area contributed by atoms with Crippen molar-refractivity contribution < 1.29 is 14.3 Å². The quantitative estimate of drug-likeness (QED) is 0.760. The number of benzene rings is 2. The van der Waals surface area contributed by atoms with Crippen LogP contribution in [-0.4, -0.2) is 18.6 Å². The Morgan fingerprint density at radius 2 is 1.88 bits per heavy atom. The molecule has 4 nitrogen and oxygen atoms in total. The third-order valence-electron chi connectivity index (χ3n) is 4.21. The van der Waals surface area contributed by atoms with Crippen LogP contribution in [0.2, 0.25) is 5.02 Å². The Bertz CT molecular complexity index is 724. The third kappa shape index (κ3) is 4.67. The molecular formula is C20H22ClNO3. The van der Waals surface area contributed by atoms with E-state index >= 15 is 0 Å². The molecule has 1 saturated carbocycles. The second-order valence-corrected chi connectivity index (χ2v) is 6.49. The summed E-state index contributed by atoms with van der Waals surface area (Å²) in [5.74, 6) is 1.21. The minimum absolute atomic E-state index is 0.214. The number of carbonyl (C=O) groups is 1. The summed E-state index contributed by atoms with van der Waals surface area (Å²) in [5.41, 5.74) is 1.20. The zero-order valence-electron chi connectivity index (χ0n) is 14.3. The van der Waals surface area contributed by atoms with Gasteiger partial charge >= 0.3 is 0 Å². The molecule has 0 aromatic heterocycles. The maximum atomic E-state index is 12.4. The predicted octanol–water partition coefficient (Wildman–Crippen LogP) is 5.31. The highest BCUT2D eigenvalue weighted by atomic mass is 35.5. The van der Waals surface area contributed by atoms with Gasteiger partial charge in [0.25, 0.3) is 5.91 Å². The number of nitrogens with one attached hydrogen (secondary N) is 1. The molecule has 0 atom stereocenters. The zero-order chi connectivity index (χ0) is 17.6. The summed E-state index contributed by atoms with van der Waals surface area (Å²) in [6.07, 6.45) is 5.05. The molecule has 2 aromatic rings. The van der Waals surface area contributed by atoms with Crippen molar-refractivity contribution >= 4 is 23.2 Å². The van der Waals surface area contributed by atoms with Gasteiger partial charge in [-0.05, 0) is 75.1 Å². The van der Waals surface area contributed by atoms with Gasteiger partial charge < -0.3 is 14.8 Å². The normalized spacial score (nSPS) is 14.3. The lowest BCUT2D eigenvalue weighted by Gasteiger charge is -2.13. The number of amides is 1. The van der Waals surface area contributed by atoms with E-state index in [0.717, 1.165) is 18.6 Å². The van der Waals surface area contributed by atoms with Crippen LogP contribution in [0.15, 0.2) is 42.5 Å². The van der Waals surface area contributed by atoms with Crippen LogP contribution in [0.1, 0.15) is 43.0 Å². The van der Waals surface area contributed by atoms with Gasteiger partial charge in [0.1, 0.15) is 11.5 Å². The molecule has 0 bridgehead atoms. The second-order valence-electron chi connectivity index (χ2n) is 6.08. The maximum absolute atomic E-state index is 12.4. The van der Waals surface area contributed by atoms with Gasteiger partial charge in [0.15, 0.2) is 0 Å². The summed E-state index contributed by atoms with van der Waals surface area (Å²) in [4.78, 5) is 12.4. The van der Waals surface area contributed by atoms with Gasteiger partial charge in [-0.1, -0.05) is 11.6 Å². The molecule has 1 aliphatic rings. The summed E-state index contributed by atoms with van der Waals surface area (Å²) >= 11 is 6.14. The monoisotopic (exact) mass is 359 g/mol. The number of anilines is 1. The molecule has 2 aromatic carbocycles. The van der Waals surface area contributed by atoms with Gasteiger partial charge in [0, 0.05) is 11.3 Å². The Labute approximate surface area is 153 Å². The first-order valence-corrected chi connectivity index (χ1v) is 9.04. The Kier molecular flexibility index (Phi) is 5.82. The lowest BCUT2D eigenvalue weighted by molar-refractivity contribution is 0.102. The summed E-state index contributed by atoms with van der Waals surface area (Å²) < 4.78 is 11.3. The van der Waals surface area contributed by atoms with E-state index in [4.69, 9.17) is 21.1 Å². The first-order valence-electron chi connectivity index (χ1n) is 8.66. The van der Waals surface area contributed by atoms with Gasteiger partial charge in [-0.3, -0.25) is 4.79 Å². The fourth-order valence-electron chi connectivity index (χ4n) is 2.93. The zero-order valence-corrected chi connectivity index (χ0v) is 15.0. The van der Waals surface area contributed by atoms with E-state index in [1.165, 1.54) is 12.8 Å². The molecule has 3 rings (SSSR count). The van der Waals surface area contributed by atoms with Crippen LogP contribution in [0.4, 0.5) is 5.69 Å². The largest absolute Gasteiger partial charge is 0.492 e. The summed E-state index contributed by atoms with van der Waals surface area (Å²) in [7, 11) is 0. The molecule has 132 valence electrons. The lowest BCUT2D eigenvalue weighted by Crippen LogP contribution is -2.13. The topological polar surface area (TPSA) is 47.6 Å². The van der Waals surface area contributed by atoms with E-state index in [9.17, 15) is 4.79 Å². The Morgan fingerprint density at radius 3 is 2.52 bits per heavy atom. The standard InChI is InChI=1S/C20H22ClNO3/c1-2-24-19-12-7-14(13-18(19)21)20(23)22-15-8-10-17(11-9-15)25-16-5-3-4-6-16/h7-13,16H,2-6H2,1H3,(H,22,23). The molecule has 0 spiro atoms. The third-order valence-corrected chi connectivity index (χ3v) is 4.51. The molecule has 5 heteroatoms. The summed E-state index contributed by atoms with van der Waals surface area (Å²) in [5, 5.41) is 3.29. The van der Waals surface area contributed by atoms with Gasteiger partial charge in [0.05, 0.1) is 17.7 Å². The first-order chi connectivity index (χ1) is 12.2. The Hall–Kier alpha value is -2.20. The van der Waals surface area contributed by atoms with Crippen molar-refractivity contribution in [1.29, 1.82) is 0 Å². The van der Waals surface area contributed by atoms with Crippen LogP contribution in [0.25, 0.3) is 0 Å². The summed E-state index contributed by atoms with van der Waals surface area (Å²) in [6, 6.07) is 12.5. The van der Waals surface area contributed by atoms with Gasteiger partial charge in [-0.2, -0.15) is 0 Å². The molecule has 1 amide bonds. The molecule has 0 radical (unpaired) electrons. The van der Waals surface area contributed by atoms with E-state index in [1.807, 2.05) is 31.2 Å². The van der Waals surface area contributed by atoms with Crippen molar-refractivity contribution in [1.82, 2.24) is 0 Å². The van der Waals surface area contributed by atoms with Crippen LogP contribution in [0, 0.1) is 0 Å². The second kappa shape index (κ2) is 8.26. The van der Waals surface area contributed by atoms with Crippen molar-refractivity contribution in [2.75, 3.05) is 11.9 Å². The SMILES string of the molecule is CCOc1ccc(C(=O)Nc2ccc(OC3CCCC3)cc2)cc1Cl. The van der Waals surface area contributed by atoms with Crippen LogP contribution in [0.3, 0.4) is 0 Å². The number of halogens is 1. The van der Waals surface area contributed by atoms with Crippen molar-refractivity contribution in [3.8, 4) is 11.5 Å². The first kappa shape index (κ1) is 17.6. The van der Waals surface area contributed by atoms with Crippen LogP contribution in [-0.2, 0) is 0 Å². The van der Waals surface area contributed by atoms with E-state index in [2.05, 4.69) is 5.32 Å². The van der Waals surface area contributed by atoms with Crippen molar-refractivity contribution in [2.24, 2.45) is 0 Å². The number of hydrogen-bond acceptors (Lipinski definition) is 3. The Morgan fingerprint density at radius 1 is 1.16 bits per heavy atom. The highest BCUT2D eigenvalue weighted by molar-refractivity contribution is 6.32. The molecule has 0 heterocycles. The van der Waals surface area contributed by atoms with Crippen LogP contribution >= 0.6 is 11.6 Å². The fraction of sp³-hybridized carbons (Fsp3) is 0.350. The molecule has 25 heavy (non-hydrogen) atoms. The highest BCUT2D eigenvalue weighted by Crippen LogP contribution is 2.27. The smallest absolute Gasteiger partial charge is 0.255 e. The number of hydrogen-bond donors (Lipinski definition) is 1. The van der Waals surface area contributed by atoms with Gasteiger partial charge in [-0.25, -0.2) is 0 Å². The number of rotatable bonds is 6. The average Bonchev–Trinajstić information content (AvgIpc) is 3.11. The van der Waals surface area contributed by atoms with Crippen molar-refractivity contribution in [3.63, 3.8) is 0 Å². The highest BCUT2D eigenvalue weighted by Gasteiger charge is 2.16. The lowest BCUT2D eigenvalue weighted by atomic mass is 10.2. The van der Waals surface area contributed by atoms with Crippen molar-refractivity contribution in [2.45, 2.75) is 38.7 Å². The van der Waals surface area contributed by atoms with Crippen LogP contribution in [0.5, 0.6) is 11.5 Å². The maximum Gasteiger partial charge on any atom is 0.255 e. The minimum atomic E-state index is -0.214. The molecule has 1 aliphatic carbocycles. The number of ether oxygens (including phenoxy) is 2. The molecule has 1 fully saturated rings. The molecule has 1 N–H and O–H groups in total. The van der Waals surface area contributed by atoms with E-state index in [-0.39, 0.29) is 5.91 Å². The average molecular weight is 360 g/mol. The van der Waals surface area contributed by atoms with E-state index < -0.39 is 0 Å². The molecule has 0 unspecified atom stereocenters. The molecule has 0 saturated heterocycles. The van der Waals surface area contributed by atoms with Crippen LogP contribution < -0.4 is 14.8 Å². The van der Waals surface area contributed by atoms with E-state index in [1.54, 1.807) is 18.2 Å². The van der Waals surface area contributed by atoms with Gasteiger partial charge in [-0.15, -0.1) is 0 Å². The molecule has 0 aliphatic heterocycles. The fourth-order valence-corrected chi connectivity index (χ4v) is 3.17.